The molecule has 3 aromatic rings. The van der Waals surface area contributed by atoms with E-state index in [9.17, 15) is 14.4 Å². The molecule has 0 bridgehead atoms. The van der Waals surface area contributed by atoms with E-state index >= 15 is 0 Å². The van der Waals surface area contributed by atoms with Crippen molar-refractivity contribution in [3.05, 3.63) is 81.5 Å². The SMILES string of the molecule is CCNC(=O)c1ccc(C)c(NC(=O)C2CCC(=O)N(c3ccc(C)cc3)C2c2cccs2)c1. The van der Waals surface area contributed by atoms with E-state index in [4.69, 9.17) is 0 Å². The minimum atomic E-state index is -0.426. The van der Waals surface area contributed by atoms with Crippen LogP contribution in [0.25, 0.3) is 0 Å². The van der Waals surface area contributed by atoms with Crippen LogP contribution in [0.5, 0.6) is 0 Å². The van der Waals surface area contributed by atoms with Gasteiger partial charge in [0.15, 0.2) is 0 Å². The number of benzene rings is 2. The van der Waals surface area contributed by atoms with Crippen molar-refractivity contribution < 1.29 is 14.4 Å². The molecule has 0 radical (unpaired) electrons. The number of carbonyl (C=O) groups excluding carboxylic acids is 3. The second-order valence-electron chi connectivity index (χ2n) is 8.58. The fourth-order valence-electron chi connectivity index (χ4n) is 4.35. The highest BCUT2D eigenvalue weighted by Crippen LogP contribution is 2.42. The van der Waals surface area contributed by atoms with Crippen LogP contribution in [0.3, 0.4) is 0 Å². The van der Waals surface area contributed by atoms with Crippen LogP contribution < -0.4 is 15.5 Å². The van der Waals surface area contributed by atoms with Crippen molar-refractivity contribution in [3.63, 3.8) is 0 Å². The Morgan fingerprint density at radius 3 is 2.53 bits per heavy atom. The average molecular weight is 476 g/mol. The van der Waals surface area contributed by atoms with Gasteiger partial charge < -0.3 is 15.5 Å². The van der Waals surface area contributed by atoms with E-state index in [0.29, 0.717) is 30.6 Å². The standard InChI is InChI=1S/C27H29N3O3S/c1-4-28-26(32)19-10-9-18(3)22(16-19)29-27(33)21-13-14-24(31)30(20-11-7-17(2)8-12-20)25(21)23-6-5-15-34-23/h5-12,15-16,21,25H,4,13-14H2,1-3H3,(H,28,32)(H,29,33). The van der Waals surface area contributed by atoms with Crippen molar-refractivity contribution in [1.29, 1.82) is 0 Å². The lowest BCUT2D eigenvalue weighted by molar-refractivity contribution is -0.125. The molecule has 1 fully saturated rings. The van der Waals surface area contributed by atoms with Gasteiger partial charge in [-0.15, -0.1) is 11.3 Å². The fraction of sp³-hybridized carbons (Fsp3) is 0.296. The van der Waals surface area contributed by atoms with E-state index in [-0.39, 0.29) is 17.7 Å². The highest BCUT2D eigenvalue weighted by molar-refractivity contribution is 7.10. The number of carbonyl (C=O) groups is 3. The van der Waals surface area contributed by atoms with Gasteiger partial charge in [-0.2, -0.15) is 0 Å². The first-order chi connectivity index (χ1) is 16.4. The first kappa shape index (κ1) is 23.7. The molecule has 2 atom stereocenters. The number of rotatable bonds is 6. The number of hydrogen-bond acceptors (Lipinski definition) is 4. The Morgan fingerprint density at radius 2 is 1.85 bits per heavy atom. The maximum absolute atomic E-state index is 13.6. The number of nitrogens with one attached hydrogen (secondary N) is 2. The van der Waals surface area contributed by atoms with Crippen LogP contribution in [0, 0.1) is 19.8 Å². The average Bonchev–Trinajstić information content (AvgIpc) is 3.36. The molecule has 176 valence electrons. The van der Waals surface area contributed by atoms with Gasteiger partial charge in [0.2, 0.25) is 11.8 Å². The predicted molar refractivity (Wildman–Crippen MR) is 136 cm³/mol. The van der Waals surface area contributed by atoms with Gasteiger partial charge in [0.25, 0.3) is 5.91 Å². The number of nitrogens with zero attached hydrogens (tertiary/aromatic N) is 1. The van der Waals surface area contributed by atoms with Gasteiger partial charge in [0, 0.05) is 34.8 Å². The second kappa shape index (κ2) is 10.2. The number of piperidine rings is 1. The summed E-state index contributed by atoms with van der Waals surface area (Å²) < 4.78 is 0. The van der Waals surface area contributed by atoms with Gasteiger partial charge in [0.05, 0.1) is 12.0 Å². The third-order valence-electron chi connectivity index (χ3n) is 6.18. The molecule has 2 N–H and O–H groups in total. The molecular weight excluding hydrogens is 446 g/mol. The molecule has 1 aliphatic rings. The predicted octanol–water partition coefficient (Wildman–Crippen LogP) is 5.24. The van der Waals surface area contributed by atoms with Crippen LogP contribution in [0.15, 0.2) is 60.0 Å². The van der Waals surface area contributed by atoms with Crippen LogP contribution in [-0.4, -0.2) is 24.3 Å². The smallest absolute Gasteiger partial charge is 0.251 e. The summed E-state index contributed by atoms with van der Waals surface area (Å²) in [6, 6.07) is 16.7. The molecule has 1 saturated heterocycles. The molecular formula is C27H29N3O3S. The van der Waals surface area contributed by atoms with Crippen molar-refractivity contribution in [2.75, 3.05) is 16.8 Å². The maximum Gasteiger partial charge on any atom is 0.251 e. The molecule has 0 aliphatic carbocycles. The zero-order valence-corrected chi connectivity index (χ0v) is 20.4. The van der Waals surface area contributed by atoms with Crippen LogP contribution in [0.4, 0.5) is 11.4 Å². The van der Waals surface area contributed by atoms with Crippen molar-refractivity contribution >= 4 is 40.4 Å². The molecule has 1 aliphatic heterocycles. The fourth-order valence-corrected chi connectivity index (χ4v) is 5.23. The van der Waals surface area contributed by atoms with Crippen LogP contribution in [0.1, 0.15) is 52.2 Å². The zero-order valence-electron chi connectivity index (χ0n) is 19.6. The van der Waals surface area contributed by atoms with Gasteiger partial charge in [0.1, 0.15) is 0 Å². The summed E-state index contributed by atoms with van der Waals surface area (Å²) in [4.78, 5) is 41.8. The number of aryl methyl sites for hydroxylation is 2. The van der Waals surface area contributed by atoms with E-state index in [1.165, 1.54) is 0 Å². The zero-order chi connectivity index (χ0) is 24.2. The summed E-state index contributed by atoms with van der Waals surface area (Å²) in [6.07, 6.45) is 0.760. The normalized spacial score (nSPS) is 18.0. The van der Waals surface area contributed by atoms with Crippen LogP contribution >= 0.6 is 11.3 Å². The van der Waals surface area contributed by atoms with Gasteiger partial charge in [-0.1, -0.05) is 29.8 Å². The van der Waals surface area contributed by atoms with Crippen molar-refractivity contribution in [1.82, 2.24) is 5.32 Å². The summed E-state index contributed by atoms with van der Waals surface area (Å²) in [5.74, 6) is -0.742. The number of hydrogen-bond donors (Lipinski definition) is 2. The highest BCUT2D eigenvalue weighted by Gasteiger charge is 2.42. The van der Waals surface area contributed by atoms with Gasteiger partial charge in [-0.05, 0) is 68.5 Å². The minimum Gasteiger partial charge on any atom is -0.352 e. The van der Waals surface area contributed by atoms with Crippen molar-refractivity contribution in [3.8, 4) is 0 Å². The third-order valence-corrected chi connectivity index (χ3v) is 7.12. The topological polar surface area (TPSA) is 78.5 Å². The molecule has 6 nitrogen and oxygen atoms in total. The van der Waals surface area contributed by atoms with E-state index in [2.05, 4.69) is 10.6 Å². The largest absolute Gasteiger partial charge is 0.352 e. The Morgan fingerprint density at radius 1 is 1.09 bits per heavy atom. The number of thiophene rings is 1. The molecule has 1 aromatic heterocycles. The second-order valence-corrected chi connectivity index (χ2v) is 9.56. The molecule has 3 amide bonds. The number of anilines is 2. The Labute approximate surface area is 204 Å². The van der Waals surface area contributed by atoms with Gasteiger partial charge in [-0.25, -0.2) is 0 Å². The monoisotopic (exact) mass is 475 g/mol. The Hall–Kier alpha value is -3.45. The van der Waals surface area contributed by atoms with E-state index in [1.807, 2.05) is 68.6 Å². The van der Waals surface area contributed by atoms with Crippen LogP contribution in [0.2, 0.25) is 0 Å². The van der Waals surface area contributed by atoms with Gasteiger partial charge >= 0.3 is 0 Å². The lowest BCUT2D eigenvalue weighted by Gasteiger charge is -2.40. The van der Waals surface area contributed by atoms with Gasteiger partial charge in [-0.3, -0.25) is 14.4 Å². The highest BCUT2D eigenvalue weighted by atomic mass is 32.1. The van der Waals surface area contributed by atoms with E-state index < -0.39 is 12.0 Å². The Balaban J connectivity index is 1.66. The molecule has 2 unspecified atom stereocenters. The van der Waals surface area contributed by atoms with Crippen molar-refractivity contribution in [2.24, 2.45) is 5.92 Å². The van der Waals surface area contributed by atoms with Crippen LogP contribution in [-0.2, 0) is 9.59 Å². The molecule has 7 heteroatoms. The number of amides is 3. The lowest BCUT2D eigenvalue weighted by Crippen LogP contribution is -2.46. The summed E-state index contributed by atoms with van der Waals surface area (Å²) in [5, 5.41) is 7.81. The Kier molecular flexibility index (Phi) is 7.12. The molecule has 0 saturated carbocycles. The molecule has 2 heterocycles. The molecule has 0 spiro atoms. The molecule has 34 heavy (non-hydrogen) atoms. The van der Waals surface area contributed by atoms with E-state index in [1.54, 1.807) is 28.4 Å². The first-order valence-electron chi connectivity index (χ1n) is 11.5. The van der Waals surface area contributed by atoms with Crippen molar-refractivity contribution in [2.45, 2.75) is 39.7 Å². The molecule has 2 aromatic carbocycles. The Bertz CT molecular complexity index is 1190. The summed E-state index contributed by atoms with van der Waals surface area (Å²) in [6.45, 7) is 6.30. The van der Waals surface area contributed by atoms with E-state index in [0.717, 1.165) is 21.7 Å². The maximum atomic E-state index is 13.6. The first-order valence-corrected chi connectivity index (χ1v) is 12.4. The quantitative estimate of drug-likeness (QED) is 0.512. The lowest BCUT2D eigenvalue weighted by atomic mass is 9.86. The minimum absolute atomic E-state index is 0.0146. The third kappa shape index (κ3) is 4.89. The summed E-state index contributed by atoms with van der Waals surface area (Å²) in [7, 11) is 0. The summed E-state index contributed by atoms with van der Waals surface area (Å²) in [5.41, 5.74) is 3.88. The molecule has 4 rings (SSSR count). The summed E-state index contributed by atoms with van der Waals surface area (Å²) >= 11 is 1.55.